The Labute approximate surface area is 319 Å². The fraction of sp³-hybridized carbons (Fsp3) is 0.680. The van der Waals surface area contributed by atoms with E-state index in [0.29, 0.717) is 11.3 Å². The lowest BCUT2D eigenvalue weighted by Gasteiger charge is -2.50. The van der Waals surface area contributed by atoms with Gasteiger partial charge in [0.2, 0.25) is 0 Å². The van der Waals surface area contributed by atoms with E-state index in [1.165, 1.54) is 137 Å². The van der Waals surface area contributed by atoms with Crippen LogP contribution in [0.2, 0.25) is 0 Å². The van der Waals surface area contributed by atoms with Crippen LogP contribution in [0.25, 0.3) is 11.1 Å². The molecule has 1 fully saturated rings. The standard InChI is InChI=1S/C26H48.C20H23N.2C2H6/c1-4-6-11-16-23(3)22-26(21-7-5-2,25-19-14-10-15-20-25)24-17-12-8-9-13-18-24;1-3-14-21-15(2)12-13-20-18-10-6-4-8-16(18)17-9-5-7-11-19(17)20;2*1-2/h8-9,23-25H,4-7,10-22H2,1-3H3;4-11,20-21H,2-3,12-14H2,1H3;2*1-2H3. The third kappa shape index (κ3) is 13.9. The van der Waals surface area contributed by atoms with Crippen LogP contribution < -0.4 is 5.32 Å². The summed E-state index contributed by atoms with van der Waals surface area (Å²) >= 11 is 0. The molecule has 5 rings (SSSR count). The van der Waals surface area contributed by atoms with Gasteiger partial charge < -0.3 is 5.32 Å². The molecule has 3 aliphatic rings. The monoisotopic (exact) mass is 698 g/mol. The molecule has 0 aromatic heterocycles. The molecule has 1 heteroatoms. The van der Waals surface area contributed by atoms with Gasteiger partial charge in [-0.05, 0) is 116 Å². The molecule has 2 atom stereocenters. The van der Waals surface area contributed by atoms with Crippen molar-refractivity contribution in [3.63, 3.8) is 0 Å². The molecule has 1 saturated carbocycles. The zero-order valence-corrected chi connectivity index (χ0v) is 35.1. The summed E-state index contributed by atoms with van der Waals surface area (Å²) < 4.78 is 0. The van der Waals surface area contributed by atoms with Crippen LogP contribution in [0.3, 0.4) is 0 Å². The van der Waals surface area contributed by atoms with E-state index in [1.807, 2.05) is 27.7 Å². The van der Waals surface area contributed by atoms with Gasteiger partial charge in [-0.1, -0.05) is 180 Å². The normalized spacial score (nSPS) is 17.5. The van der Waals surface area contributed by atoms with Crippen molar-refractivity contribution in [2.45, 2.75) is 190 Å². The van der Waals surface area contributed by atoms with Gasteiger partial charge in [-0.25, -0.2) is 0 Å². The summed E-state index contributed by atoms with van der Waals surface area (Å²) in [6.45, 7) is 22.7. The second-order valence-electron chi connectivity index (χ2n) is 15.6. The molecule has 0 saturated heterocycles. The molecule has 288 valence electrons. The Balaban J connectivity index is 0.000000327. The van der Waals surface area contributed by atoms with Gasteiger partial charge in [0.05, 0.1) is 0 Å². The minimum Gasteiger partial charge on any atom is -0.389 e. The lowest BCUT2D eigenvalue weighted by atomic mass is 9.55. The molecule has 0 radical (unpaired) electrons. The summed E-state index contributed by atoms with van der Waals surface area (Å²) in [5.41, 5.74) is 7.59. The topological polar surface area (TPSA) is 12.0 Å². The average Bonchev–Trinajstić information content (AvgIpc) is 3.29. The van der Waals surface area contributed by atoms with Crippen LogP contribution in [0.1, 0.15) is 201 Å². The van der Waals surface area contributed by atoms with Crippen molar-refractivity contribution in [3.8, 4) is 11.1 Å². The van der Waals surface area contributed by atoms with Crippen LogP contribution in [-0.4, -0.2) is 6.54 Å². The van der Waals surface area contributed by atoms with Crippen molar-refractivity contribution >= 4 is 0 Å². The van der Waals surface area contributed by atoms with Gasteiger partial charge in [0, 0.05) is 18.2 Å². The summed E-state index contributed by atoms with van der Waals surface area (Å²) in [6, 6.07) is 17.6. The smallest absolute Gasteiger partial charge is 0.0141 e. The first-order valence-corrected chi connectivity index (χ1v) is 22.3. The van der Waals surface area contributed by atoms with Crippen LogP contribution in [0.4, 0.5) is 0 Å². The van der Waals surface area contributed by atoms with Gasteiger partial charge >= 0.3 is 0 Å². The highest BCUT2D eigenvalue weighted by atomic mass is 14.9. The van der Waals surface area contributed by atoms with Crippen LogP contribution in [0, 0.1) is 23.2 Å². The first kappa shape index (κ1) is 44.9. The molecule has 1 N–H and O–H groups in total. The molecule has 0 spiro atoms. The van der Waals surface area contributed by atoms with E-state index in [2.05, 4.69) is 100 Å². The van der Waals surface area contributed by atoms with Crippen LogP contribution in [0.15, 0.2) is 73.0 Å². The highest BCUT2D eigenvalue weighted by Gasteiger charge is 2.44. The maximum atomic E-state index is 4.15. The SMILES string of the molecule is C=C(CCC1c2ccccc2-c2ccccc21)NCCC.CC.CC.CCCCCC(C)CC(CCCC)(C1CCC=CCC1)C1CCCCC1. The number of fused-ring (bicyclic) bond motifs is 3. The second-order valence-corrected chi connectivity index (χ2v) is 15.6. The minimum absolute atomic E-state index is 0.512. The zero-order valence-electron chi connectivity index (χ0n) is 35.1. The van der Waals surface area contributed by atoms with Crippen molar-refractivity contribution < 1.29 is 0 Å². The second kappa shape index (κ2) is 26.5. The minimum atomic E-state index is 0.512. The Morgan fingerprint density at radius 2 is 1.27 bits per heavy atom. The van der Waals surface area contributed by atoms with E-state index in [9.17, 15) is 0 Å². The quantitative estimate of drug-likeness (QED) is 0.128. The van der Waals surface area contributed by atoms with Crippen LogP contribution in [-0.2, 0) is 0 Å². The Morgan fingerprint density at radius 3 is 1.82 bits per heavy atom. The number of unbranched alkanes of at least 4 members (excludes halogenated alkanes) is 3. The maximum Gasteiger partial charge on any atom is 0.0141 e. The molecule has 0 aliphatic heterocycles. The lowest BCUT2D eigenvalue weighted by molar-refractivity contribution is -0.000853. The van der Waals surface area contributed by atoms with Crippen molar-refractivity contribution in [2.24, 2.45) is 23.2 Å². The summed E-state index contributed by atoms with van der Waals surface area (Å²) in [7, 11) is 0. The molecule has 2 aromatic carbocycles. The Bertz CT molecular complexity index is 1150. The molecule has 51 heavy (non-hydrogen) atoms. The molecular weight excluding hydrogens is 615 g/mol. The van der Waals surface area contributed by atoms with Crippen LogP contribution in [0.5, 0.6) is 0 Å². The third-order valence-corrected chi connectivity index (χ3v) is 12.1. The van der Waals surface area contributed by atoms with E-state index in [0.717, 1.165) is 43.6 Å². The van der Waals surface area contributed by atoms with Gasteiger partial charge in [-0.15, -0.1) is 0 Å². The molecule has 2 aromatic rings. The van der Waals surface area contributed by atoms with Gasteiger partial charge in [0.25, 0.3) is 0 Å². The number of benzene rings is 2. The Kier molecular flexibility index (Phi) is 23.3. The van der Waals surface area contributed by atoms with Crippen molar-refractivity contribution in [2.75, 3.05) is 6.54 Å². The van der Waals surface area contributed by atoms with Crippen LogP contribution >= 0.6 is 0 Å². The number of rotatable bonds is 17. The molecule has 3 aliphatic carbocycles. The third-order valence-electron chi connectivity index (χ3n) is 12.1. The highest BCUT2D eigenvalue weighted by Crippen LogP contribution is 2.55. The molecule has 2 unspecified atom stereocenters. The summed E-state index contributed by atoms with van der Waals surface area (Å²) in [4.78, 5) is 0. The van der Waals surface area contributed by atoms with Crippen molar-refractivity contribution in [1.29, 1.82) is 0 Å². The number of hydrogen-bond donors (Lipinski definition) is 1. The van der Waals surface area contributed by atoms with Gasteiger partial charge in [0.1, 0.15) is 0 Å². The summed E-state index contributed by atoms with van der Waals surface area (Å²) in [5, 5.41) is 3.41. The highest BCUT2D eigenvalue weighted by molar-refractivity contribution is 5.78. The van der Waals surface area contributed by atoms with E-state index in [1.54, 1.807) is 0 Å². The van der Waals surface area contributed by atoms with Crippen molar-refractivity contribution in [1.82, 2.24) is 5.32 Å². The van der Waals surface area contributed by atoms with E-state index < -0.39 is 0 Å². The summed E-state index contributed by atoms with van der Waals surface area (Å²) in [5.74, 6) is 3.45. The maximum absolute atomic E-state index is 4.15. The average molecular weight is 698 g/mol. The number of allylic oxidation sites excluding steroid dienone is 3. The molecule has 0 amide bonds. The first-order chi connectivity index (χ1) is 25.0. The van der Waals surface area contributed by atoms with Gasteiger partial charge in [-0.3, -0.25) is 0 Å². The number of nitrogens with one attached hydrogen (secondary N) is 1. The van der Waals surface area contributed by atoms with Crippen molar-refractivity contribution in [3.05, 3.63) is 84.1 Å². The lowest BCUT2D eigenvalue weighted by Crippen LogP contribution is -2.41. The van der Waals surface area contributed by atoms with Gasteiger partial charge in [0.15, 0.2) is 0 Å². The Morgan fingerprint density at radius 1 is 0.725 bits per heavy atom. The number of hydrogen-bond acceptors (Lipinski definition) is 1. The molecule has 1 nitrogen and oxygen atoms in total. The Hall–Kier alpha value is -2.28. The molecule has 0 bridgehead atoms. The van der Waals surface area contributed by atoms with E-state index in [-0.39, 0.29) is 0 Å². The summed E-state index contributed by atoms with van der Waals surface area (Å²) in [6.07, 6.45) is 33.1. The largest absolute Gasteiger partial charge is 0.389 e. The fourth-order valence-corrected chi connectivity index (χ4v) is 9.68. The molecule has 0 heterocycles. The van der Waals surface area contributed by atoms with E-state index >= 15 is 0 Å². The molecular formula is C50H83N. The fourth-order valence-electron chi connectivity index (χ4n) is 9.68. The van der Waals surface area contributed by atoms with E-state index in [4.69, 9.17) is 0 Å². The first-order valence-electron chi connectivity index (χ1n) is 22.3. The van der Waals surface area contributed by atoms with Gasteiger partial charge in [-0.2, -0.15) is 0 Å². The predicted molar refractivity (Wildman–Crippen MR) is 231 cm³/mol. The zero-order chi connectivity index (χ0) is 37.3. The predicted octanol–water partition coefficient (Wildman–Crippen LogP) is 16.2.